The number of hydrogen-bond acceptors (Lipinski definition) is 6. The zero-order valence-electron chi connectivity index (χ0n) is 12.6. The van der Waals surface area contributed by atoms with Crippen molar-refractivity contribution >= 4 is 22.1 Å². The highest BCUT2D eigenvalue weighted by atomic mass is 79.9. The highest BCUT2D eigenvalue weighted by Gasteiger charge is 2.15. The van der Waals surface area contributed by atoms with E-state index in [0.29, 0.717) is 32.0 Å². The number of ether oxygens (including phenoxy) is 1. The lowest BCUT2D eigenvalue weighted by Crippen LogP contribution is -2.34. The third kappa shape index (κ3) is 3.41. The first kappa shape index (κ1) is 16.5. The molecular weight excluding hydrogens is 380 g/mol. The number of hydrazone groups is 1. The molecule has 1 aliphatic heterocycles. The van der Waals surface area contributed by atoms with Gasteiger partial charge in [-0.15, -0.1) is 0 Å². The van der Waals surface area contributed by atoms with E-state index in [-0.39, 0.29) is 5.56 Å². The molecule has 1 saturated heterocycles. The minimum Gasteiger partial charge on any atom is -0.493 e. The predicted octanol–water partition coefficient (Wildman–Crippen LogP) is 0.660. The molecule has 1 fully saturated rings. The lowest BCUT2D eigenvalue weighted by molar-refractivity contribution is 0.0396. The maximum absolute atomic E-state index is 12.1. The highest BCUT2D eigenvalue weighted by Crippen LogP contribution is 2.18. The van der Waals surface area contributed by atoms with Crippen LogP contribution >= 0.6 is 15.9 Å². The third-order valence-corrected chi connectivity index (χ3v) is 4.07. The number of H-pyrrole nitrogens is 1. The van der Waals surface area contributed by atoms with Crippen molar-refractivity contribution in [2.45, 2.75) is 0 Å². The van der Waals surface area contributed by atoms with Gasteiger partial charge in [-0.2, -0.15) is 5.10 Å². The van der Waals surface area contributed by atoms with Crippen molar-refractivity contribution in [3.8, 4) is 11.6 Å². The topological polar surface area (TPSA) is 99.9 Å². The van der Waals surface area contributed by atoms with Gasteiger partial charge in [-0.05, 0) is 24.3 Å². The fraction of sp³-hybridized carbons (Fsp3) is 0.267. The number of halogens is 1. The molecule has 0 bridgehead atoms. The van der Waals surface area contributed by atoms with E-state index >= 15 is 0 Å². The fourth-order valence-corrected chi connectivity index (χ4v) is 2.56. The fourth-order valence-electron chi connectivity index (χ4n) is 2.29. The van der Waals surface area contributed by atoms with Crippen LogP contribution < -0.4 is 11.2 Å². The van der Waals surface area contributed by atoms with Gasteiger partial charge < -0.3 is 9.84 Å². The van der Waals surface area contributed by atoms with E-state index in [4.69, 9.17) is 4.74 Å². The molecule has 0 aliphatic carbocycles. The highest BCUT2D eigenvalue weighted by molar-refractivity contribution is 9.10. The summed E-state index contributed by atoms with van der Waals surface area (Å²) >= 11 is 3.31. The van der Waals surface area contributed by atoms with Gasteiger partial charge in [0.1, 0.15) is 5.56 Å². The number of benzene rings is 1. The molecule has 2 aromatic rings. The van der Waals surface area contributed by atoms with Gasteiger partial charge >= 0.3 is 5.69 Å². The maximum atomic E-state index is 12.1. The lowest BCUT2D eigenvalue weighted by atomic mass is 10.3. The van der Waals surface area contributed by atoms with Gasteiger partial charge in [0.15, 0.2) is 0 Å². The van der Waals surface area contributed by atoms with Crippen LogP contribution in [0.2, 0.25) is 0 Å². The van der Waals surface area contributed by atoms with E-state index in [1.54, 1.807) is 29.3 Å². The molecule has 2 N–H and O–H groups in total. The number of hydrogen-bond donors (Lipinski definition) is 2. The summed E-state index contributed by atoms with van der Waals surface area (Å²) in [7, 11) is 0. The smallest absolute Gasteiger partial charge is 0.335 e. The summed E-state index contributed by atoms with van der Waals surface area (Å²) in [5.74, 6) is -0.455. The number of nitrogens with one attached hydrogen (secondary N) is 1. The minimum atomic E-state index is -0.719. The van der Waals surface area contributed by atoms with Gasteiger partial charge in [0, 0.05) is 4.47 Å². The molecule has 0 atom stereocenters. The van der Waals surface area contributed by atoms with E-state index < -0.39 is 17.1 Å². The first-order valence-corrected chi connectivity index (χ1v) is 8.06. The summed E-state index contributed by atoms with van der Waals surface area (Å²) in [6.07, 6.45) is 1.26. The van der Waals surface area contributed by atoms with Crippen LogP contribution in [-0.2, 0) is 4.74 Å². The number of rotatable bonds is 3. The number of aromatic nitrogens is 2. The van der Waals surface area contributed by atoms with E-state index in [1.807, 2.05) is 0 Å². The van der Waals surface area contributed by atoms with Crippen molar-refractivity contribution in [1.29, 1.82) is 0 Å². The van der Waals surface area contributed by atoms with Gasteiger partial charge in [0.25, 0.3) is 5.56 Å². The van der Waals surface area contributed by atoms with Gasteiger partial charge in [0.2, 0.25) is 5.88 Å². The van der Waals surface area contributed by atoms with E-state index in [9.17, 15) is 14.7 Å². The number of aromatic amines is 1. The van der Waals surface area contributed by atoms with E-state index in [2.05, 4.69) is 26.0 Å². The average molecular weight is 395 g/mol. The van der Waals surface area contributed by atoms with Crippen LogP contribution in [-0.4, -0.2) is 52.2 Å². The van der Waals surface area contributed by atoms with Gasteiger partial charge in [-0.3, -0.25) is 14.8 Å². The van der Waals surface area contributed by atoms with Crippen molar-refractivity contribution in [2.24, 2.45) is 5.10 Å². The quantitative estimate of drug-likeness (QED) is 0.744. The molecule has 8 nitrogen and oxygen atoms in total. The zero-order valence-corrected chi connectivity index (χ0v) is 14.2. The summed E-state index contributed by atoms with van der Waals surface area (Å²) in [5.41, 5.74) is -1.06. The number of morpholine rings is 1. The number of aromatic hydroxyl groups is 1. The van der Waals surface area contributed by atoms with Crippen LogP contribution in [0.4, 0.5) is 0 Å². The molecule has 126 valence electrons. The summed E-state index contributed by atoms with van der Waals surface area (Å²) < 4.78 is 7.07. The largest absolute Gasteiger partial charge is 0.493 e. The van der Waals surface area contributed by atoms with Crippen LogP contribution in [0.25, 0.3) is 5.69 Å². The van der Waals surface area contributed by atoms with Gasteiger partial charge in [0.05, 0.1) is 38.2 Å². The van der Waals surface area contributed by atoms with Crippen molar-refractivity contribution in [3.05, 3.63) is 55.1 Å². The SMILES string of the molecule is O=c1[nH]c(=O)n(-c2ccc(Br)cc2)c(O)c1C=NN1CCOCC1. The molecule has 9 heteroatoms. The van der Waals surface area contributed by atoms with Crippen LogP contribution in [0.15, 0.2) is 43.4 Å². The average Bonchev–Trinajstić information content (AvgIpc) is 2.57. The standard InChI is InChI=1S/C15H15BrN4O4/c16-10-1-3-11(4-2-10)20-14(22)12(13(21)18-15(20)23)9-17-19-5-7-24-8-6-19/h1-4,9,22H,5-8H2,(H,18,21,23). The summed E-state index contributed by atoms with van der Waals surface area (Å²) in [6.45, 7) is 2.30. The second-order valence-corrected chi connectivity index (χ2v) is 6.03. The Hall–Kier alpha value is -2.39. The van der Waals surface area contributed by atoms with E-state index in [0.717, 1.165) is 9.04 Å². The van der Waals surface area contributed by atoms with Crippen molar-refractivity contribution in [3.63, 3.8) is 0 Å². The first-order valence-electron chi connectivity index (χ1n) is 7.27. The van der Waals surface area contributed by atoms with Crippen molar-refractivity contribution < 1.29 is 9.84 Å². The molecule has 1 aromatic carbocycles. The minimum absolute atomic E-state index is 0.0796. The lowest BCUT2D eigenvalue weighted by Gasteiger charge is -2.23. The van der Waals surface area contributed by atoms with Crippen LogP contribution in [0.5, 0.6) is 5.88 Å². The van der Waals surface area contributed by atoms with Crippen molar-refractivity contribution in [2.75, 3.05) is 26.3 Å². The Kier molecular flexibility index (Phi) is 4.81. The van der Waals surface area contributed by atoms with Crippen LogP contribution in [0.1, 0.15) is 5.56 Å². The summed E-state index contributed by atoms with van der Waals surface area (Å²) in [6, 6.07) is 6.75. The summed E-state index contributed by atoms with van der Waals surface area (Å²) in [4.78, 5) is 26.3. The summed E-state index contributed by atoms with van der Waals surface area (Å²) in [5, 5.41) is 16.3. The Balaban J connectivity index is 2.02. The van der Waals surface area contributed by atoms with Gasteiger partial charge in [-0.25, -0.2) is 9.36 Å². The number of nitrogens with zero attached hydrogens (tertiary/aromatic N) is 3. The Labute approximate surface area is 145 Å². The second-order valence-electron chi connectivity index (χ2n) is 5.12. The van der Waals surface area contributed by atoms with Crippen LogP contribution in [0, 0.1) is 0 Å². The van der Waals surface area contributed by atoms with Crippen molar-refractivity contribution in [1.82, 2.24) is 14.6 Å². The molecule has 0 spiro atoms. The van der Waals surface area contributed by atoms with E-state index in [1.165, 1.54) is 6.21 Å². The normalized spacial score (nSPS) is 15.1. The maximum Gasteiger partial charge on any atom is 0.335 e. The van der Waals surface area contributed by atoms with Crippen LogP contribution in [0.3, 0.4) is 0 Å². The molecule has 2 heterocycles. The predicted molar refractivity (Wildman–Crippen MR) is 92.0 cm³/mol. The molecule has 0 radical (unpaired) electrons. The molecule has 0 unspecified atom stereocenters. The molecule has 24 heavy (non-hydrogen) atoms. The first-order chi connectivity index (χ1) is 11.6. The Bertz CT molecular complexity index is 867. The zero-order chi connectivity index (χ0) is 17.1. The molecule has 0 saturated carbocycles. The Morgan fingerprint density at radius 3 is 2.54 bits per heavy atom. The second kappa shape index (κ2) is 7.02. The third-order valence-electron chi connectivity index (χ3n) is 3.54. The Morgan fingerprint density at radius 2 is 1.88 bits per heavy atom. The molecule has 1 aliphatic rings. The monoisotopic (exact) mass is 394 g/mol. The molecular formula is C15H15BrN4O4. The van der Waals surface area contributed by atoms with Gasteiger partial charge in [-0.1, -0.05) is 15.9 Å². The molecule has 1 aromatic heterocycles. The Morgan fingerprint density at radius 1 is 1.21 bits per heavy atom. The molecule has 0 amide bonds. The molecule has 3 rings (SSSR count).